The van der Waals surface area contributed by atoms with Gasteiger partial charge in [-0.3, -0.25) is 0 Å². The van der Waals surface area contributed by atoms with Crippen LogP contribution in [0.15, 0.2) is 84.9 Å². The molecule has 4 aromatic carbocycles. The van der Waals surface area contributed by atoms with Crippen molar-refractivity contribution in [2.75, 3.05) is 7.11 Å². The van der Waals surface area contributed by atoms with Crippen molar-refractivity contribution < 1.29 is 9.47 Å². The Bertz CT molecular complexity index is 1150. The van der Waals surface area contributed by atoms with Gasteiger partial charge in [0.15, 0.2) is 0 Å². The summed E-state index contributed by atoms with van der Waals surface area (Å²) in [4.78, 5) is 0. The highest BCUT2D eigenvalue weighted by Crippen LogP contribution is 2.43. The van der Waals surface area contributed by atoms with Gasteiger partial charge in [-0.05, 0) is 59.7 Å². The lowest BCUT2D eigenvalue weighted by Crippen LogP contribution is -1.98. The van der Waals surface area contributed by atoms with Crippen LogP contribution >= 0.6 is 0 Å². The van der Waals surface area contributed by atoms with E-state index in [-0.39, 0.29) is 0 Å². The molecule has 170 valence electrons. The van der Waals surface area contributed by atoms with Gasteiger partial charge >= 0.3 is 0 Å². The second-order valence-corrected chi connectivity index (χ2v) is 8.63. The Morgan fingerprint density at radius 2 is 1.36 bits per heavy atom. The van der Waals surface area contributed by atoms with Gasteiger partial charge in [-0.25, -0.2) is 0 Å². The topological polar surface area (TPSA) is 18.5 Å². The molecule has 0 radical (unpaired) electrons. The minimum Gasteiger partial charge on any atom is -0.497 e. The lowest BCUT2D eigenvalue weighted by molar-refractivity contribution is 0.415. The molecule has 0 aliphatic carbocycles. The fourth-order valence-corrected chi connectivity index (χ4v) is 4.46. The number of rotatable bonds is 11. The van der Waals surface area contributed by atoms with Crippen molar-refractivity contribution >= 4 is 10.8 Å². The van der Waals surface area contributed by atoms with Crippen molar-refractivity contribution in [2.24, 2.45) is 0 Å². The molecule has 0 saturated carbocycles. The molecule has 4 rings (SSSR count). The molecule has 0 unspecified atom stereocenters. The Labute approximate surface area is 198 Å². The zero-order chi connectivity index (χ0) is 22.9. The van der Waals surface area contributed by atoms with Crippen LogP contribution in [-0.2, 0) is 6.42 Å². The van der Waals surface area contributed by atoms with E-state index in [1.807, 2.05) is 36.4 Å². The van der Waals surface area contributed by atoms with Gasteiger partial charge in [-0.2, -0.15) is 0 Å². The van der Waals surface area contributed by atoms with Gasteiger partial charge in [-0.15, -0.1) is 0 Å². The third-order valence-electron chi connectivity index (χ3n) is 6.21. The summed E-state index contributed by atoms with van der Waals surface area (Å²) in [5, 5.41) is 2.26. The molecule has 0 amide bonds. The maximum atomic E-state index is 6.61. The smallest absolute Gasteiger partial charge is 0.143 e. The number of hydrogen-bond acceptors (Lipinski definition) is 2. The Morgan fingerprint density at radius 1 is 0.667 bits per heavy atom. The molecule has 2 heteroatoms. The molecule has 0 aromatic heterocycles. The highest BCUT2D eigenvalue weighted by Gasteiger charge is 2.18. The van der Waals surface area contributed by atoms with Gasteiger partial charge in [0.1, 0.15) is 17.2 Å². The summed E-state index contributed by atoms with van der Waals surface area (Å²) >= 11 is 0. The molecule has 0 saturated heterocycles. The Morgan fingerprint density at radius 3 is 2.09 bits per heavy atom. The molecule has 0 aliphatic heterocycles. The second kappa shape index (κ2) is 11.6. The fourth-order valence-electron chi connectivity index (χ4n) is 4.46. The van der Waals surface area contributed by atoms with Gasteiger partial charge in [-0.1, -0.05) is 93.6 Å². The quantitative estimate of drug-likeness (QED) is 0.217. The van der Waals surface area contributed by atoms with E-state index in [0.29, 0.717) is 0 Å². The second-order valence-electron chi connectivity index (χ2n) is 8.63. The number of unbranched alkanes of at least 4 members (excludes halogenated alkanes) is 5. The molecule has 33 heavy (non-hydrogen) atoms. The number of ether oxygens (including phenoxy) is 2. The average Bonchev–Trinajstić information content (AvgIpc) is 2.87. The van der Waals surface area contributed by atoms with Crippen LogP contribution in [0.2, 0.25) is 0 Å². The zero-order valence-electron chi connectivity index (χ0n) is 19.8. The van der Waals surface area contributed by atoms with Crippen LogP contribution < -0.4 is 9.47 Å². The molecule has 0 N–H and O–H groups in total. The molecule has 0 spiro atoms. The van der Waals surface area contributed by atoms with Gasteiger partial charge in [0, 0.05) is 10.9 Å². The van der Waals surface area contributed by atoms with Gasteiger partial charge in [0.05, 0.1) is 7.11 Å². The maximum absolute atomic E-state index is 6.61. The first-order valence-corrected chi connectivity index (χ1v) is 12.2. The number of para-hydroxylation sites is 1. The number of aryl methyl sites for hydroxylation is 1. The van der Waals surface area contributed by atoms with Gasteiger partial charge < -0.3 is 9.47 Å². The van der Waals surface area contributed by atoms with Gasteiger partial charge in [0.25, 0.3) is 0 Å². The molecule has 0 bridgehead atoms. The average molecular weight is 439 g/mol. The van der Waals surface area contributed by atoms with E-state index in [2.05, 4.69) is 55.5 Å². The van der Waals surface area contributed by atoms with Crippen LogP contribution in [0.3, 0.4) is 0 Å². The third-order valence-corrected chi connectivity index (χ3v) is 6.21. The molecule has 0 aliphatic rings. The van der Waals surface area contributed by atoms with Crippen LogP contribution in [0.25, 0.3) is 21.9 Å². The summed E-state index contributed by atoms with van der Waals surface area (Å²) in [6.07, 6.45) is 8.74. The van der Waals surface area contributed by atoms with Crippen molar-refractivity contribution in [3.8, 4) is 28.4 Å². The van der Waals surface area contributed by atoms with Crippen molar-refractivity contribution in [2.45, 2.75) is 51.9 Å². The number of benzene rings is 4. The first kappa shape index (κ1) is 22.9. The van der Waals surface area contributed by atoms with E-state index in [4.69, 9.17) is 9.47 Å². The molecular weight excluding hydrogens is 404 g/mol. The highest BCUT2D eigenvalue weighted by molar-refractivity contribution is 5.97. The lowest BCUT2D eigenvalue weighted by Gasteiger charge is -2.19. The number of fused-ring (bicyclic) bond motifs is 1. The van der Waals surface area contributed by atoms with Crippen LogP contribution in [-0.4, -0.2) is 7.11 Å². The van der Waals surface area contributed by atoms with Gasteiger partial charge in [0.2, 0.25) is 0 Å². The molecule has 2 nitrogen and oxygen atoms in total. The standard InChI is InChI=1S/C31H34O2/c1-3-4-5-6-7-10-17-25-22-26-23-28(32-2)20-21-29(26)31(33-27-18-13-9-14-19-27)30(25)24-15-11-8-12-16-24/h8-9,11-16,18-23H,3-7,10,17H2,1-2H3. The predicted molar refractivity (Wildman–Crippen MR) is 140 cm³/mol. The van der Waals surface area contributed by atoms with Crippen LogP contribution in [0.1, 0.15) is 51.0 Å². The Balaban J connectivity index is 1.80. The van der Waals surface area contributed by atoms with Crippen molar-refractivity contribution in [1.29, 1.82) is 0 Å². The monoisotopic (exact) mass is 438 g/mol. The van der Waals surface area contributed by atoms with Crippen molar-refractivity contribution in [3.63, 3.8) is 0 Å². The van der Waals surface area contributed by atoms with E-state index in [1.165, 1.54) is 55.2 Å². The molecular formula is C31H34O2. The number of methoxy groups -OCH3 is 1. The predicted octanol–water partition coefficient (Wildman–Crippen LogP) is 9.21. The number of hydrogen-bond donors (Lipinski definition) is 0. The Hall–Kier alpha value is -3.26. The first-order chi connectivity index (χ1) is 16.3. The summed E-state index contributed by atoms with van der Waals surface area (Å²) in [5.41, 5.74) is 3.73. The highest BCUT2D eigenvalue weighted by atomic mass is 16.5. The molecule has 0 heterocycles. The van der Waals surface area contributed by atoms with E-state index < -0.39 is 0 Å². The minimum absolute atomic E-state index is 0.850. The summed E-state index contributed by atoms with van der Waals surface area (Å²) in [7, 11) is 1.72. The summed E-state index contributed by atoms with van der Waals surface area (Å²) in [5.74, 6) is 2.64. The maximum Gasteiger partial charge on any atom is 0.143 e. The fraction of sp³-hybridized carbons (Fsp3) is 0.290. The lowest BCUT2D eigenvalue weighted by atomic mass is 9.91. The van der Waals surface area contributed by atoms with Crippen LogP contribution in [0.4, 0.5) is 0 Å². The first-order valence-electron chi connectivity index (χ1n) is 12.2. The summed E-state index contributed by atoms with van der Waals surface area (Å²) in [6.45, 7) is 2.27. The third kappa shape index (κ3) is 5.76. The van der Waals surface area contributed by atoms with E-state index in [1.54, 1.807) is 7.11 Å². The van der Waals surface area contributed by atoms with Crippen LogP contribution in [0.5, 0.6) is 17.2 Å². The SMILES string of the molecule is CCCCCCCCc1cc2cc(OC)ccc2c(Oc2ccccc2)c1-c1ccccc1. The normalized spacial score (nSPS) is 11.0. The minimum atomic E-state index is 0.850. The summed E-state index contributed by atoms with van der Waals surface area (Å²) < 4.78 is 12.1. The van der Waals surface area contributed by atoms with E-state index in [0.717, 1.165) is 34.4 Å². The van der Waals surface area contributed by atoms with Crippen molar-refractivity contribution in [1.82, 2.24) is 0 Å². The van der Waals surface area contributed by atoms with E-state index in [9.17, 15) is 0 Å². The zero-order valence-corrected chi connectivity index (χ0v) is 19.8. The largest absolute Gasteiger partial charge is 0.497 e. The summed E-state index contributed by atoms with van der Waals surface area (Å²) in [6, 6.07) is 29.3. The molecule has 0 fully saturated rings. The molecule has 0 atom stereocenters. The molecule has 4 aromatic rings. The van der Waals surface area contributed by atoms with Crippen molar-refractivity contribution in [3.05, 3.63) is 90.5 Å². The van der Waals surface area contributed by atoms with Crippen LogP contribution in [0, 0.1) is 0 Å². The Kier molecular flexibility index (Phi) is 8.03. The van der Waals surface area contributed by atoms with E-state index >= 15 is 0 Å².